The lowest BCUT2D eigenvalue weighted by molar-refractivity contribution is -0.138. The van der Waals surface area contributed by atoms with Crippen molar-refractivity contribution in [2.24, 2.45) is 0 Å². The van der Waals surface area contributed by atoms with Crippen molar-refractivity contribution in [1.29, 1.82) is 0 Å². The first kappa shape index (κ1) is 25.4. The Morgan fingerprint density at radius 1 is 1.22 bits per heavy atom. The molecule has 0 bridgehead atoms. The second-order valence-electron chi connectivity index (χ2n) is 10.1. The summed E-state index contributed by atoms with van der Waals surface area (Å²) in [6, 6.07) is 13.4. The number of carboxylic acids is 1. The van der Waals surface area contributed by atoms with Crippen LogP contribution in [0, 0.1) is 0 Å². The number of rotatable bonds is 11. The maximum absolute atomic E-state index is 11.9. The summed E-state index contributed by atoms with van der Waals surface area (Å²) < 4.78 is 6.16. The van der Waals surface area contributed by atoms with Crippen LogP contribution < -0.4 is 10.6 Å². The van der Waals surface area contributed by atoms with Gasteiger partial charge in [0.25, 0.3) is 0 Å². The van der Waals surface area contributed by atoms with Gasteiger partial charge in [0.1, 0.15) is 17.7 Å². The van der Waals surface area contributed by atoms with Crippen LogP contribution in [-0.4, -0.2) is 70.9 Å². The quantitative estimate of drug-likeness (QED) is 0.355. The molecule has 0 unspecified atom stereocenters. The summed E-state index contributed by atoms with van der Waals surface area (Å²) in [5.74, 6) is 0.772. The van der Waals surface area contributed by atoms with Crippen molar-refractivity contribution in [3.63, 3.8) is 0 Å². The minimum Gasteiger partial charge on any atom is -0.480 e. The molecule has 1 saturated heterocycles. The van der Waals surface area contributed by atoms with E-state index in [2.05, 4.69) is 32.7 Å². The summed E-state index contributed by atoms with van der Waals surface area (Å²) in [6.45, 7) is 4.43. The van der Waals surface area contributed by atoms with Crippen LogP contribution in [-0.2, 0) is 22.4 Å². The lowest BCUT2D eigenvalue weighted by Crippen LogP contribution is -2.41. The Bertz CT molecular complexity index is 1200. The first-order chi connectivity index (χ1) is 18.2. The molecule has 0 spiro atoms. The van der Waals surface area contributed by atoms with Crippen LogP contribution in [0.15, 0.2) is 48.7 Å². The van der Waals surface area contributed by atoms with Gasteiger partial charge in [0, 0.05) is 43.4 Å². The van der Waals surface area contributed by atoms with E-state index in [4.69, 9.17) is 9.72 Å². The van der Waals surface area contributed by atoms with Crippen molar-refractivity contribution < 1.29 is 14.6 Å². The number of hydrogen-bond acceptors (Lipinski definition) is 7. The van der Waals surface area contributed by atoms with Crippen molar-refractivity contribution >= 4 is 28.4 Å². The molecule has 2 aliphatic rings. The molecular formula is C29H37N5O3. The normalized spacial score (nSPS) is 18.6. The first-order valence-electron chi connectivity index (χ1n) is 13.6. The molecule has 1 aromatic carbocycles. The zero-order chi connectivity index (χ0) is 25.5. The van der Waals surface area contributed by atoms with Crippen LogP contribution in [0.1, 0.15) is 43.4 Å². The van der Waals surface area contributed by atoms with Crippen molar-refractivity contribution in [3.8, 4) is 0 Å². The van der Waals surface area contributed by atoms with E-state index in [1.165, 1.54) is 12.0 Å². The molecular weight excluding hydrogens is 466 g/mol. The molecule has 0 radical (unpaired) electrons. The zero-order valence-corrected chi connectivity index (χ0v) is 21.4. The SMILES string of the molecule is O=C(O)[C@H](CCO[C@@H]1CCCN(CCCc2ccc3c(n2)NCCC3)C1)Nc1nccc2ccccc12. The molecule has 0 saturated carbocycles. The fourth-order valence-corrected chi connectivity index (χ4v) is 5.35. The fourth-order valence-electron chi connectivity index (χ4n) is 5.35. The standard InChI is InChI=1S/C29H37N5O3/c35-29(36)26(33-28-25-10-2-1-6-21(25)13-16-31-28)14-19-37-24-9-5-18-34(20-24)17-4-8-23-12-11-22-7-3-15-30-27(22)32-23/h1-2,6,10-13,16,24,26H,3-5,7-9,14-15,17-20H2,(H,30,32)(H,31,33)(H,35,36)/t24-,26+/m1/s1. The van der Waals surface area contributed by atoms with E-state index in [1.807, 2.05) is 30.3 Å². The third-order valence-corrected chi connectivity index (χ3v) is 7.36. The summed E-state index contributed by atoms with van der Waals surface area (Å²) in [5, 5.41) is 18.3. The number of fused-ring (bicyclic) bond motifs is 2. The van der Waals surface area contributed by atoms with Crippen molar-refractivity contribution in [3.05, 3.63) is 59.9 Å². The number of anilines is 2. The predicted octanol–water partition coefficient (Wildman–Crippen LogP) is 4.36. The number of nitrogens with one attached hydrogen (secondary N) is 2. The summed E-state index contributed by atoms with van der Waals surface area (Å²) in [4.78, 5) is 23.6. The Kier molecular flexibility index (Phi) is 8.48. The Labute approximate surface area is 218 Å². The van der Waals surface area contributed by atoms with Gasteiger partial charge in [-0.25, -0.2) is 14.8 Å². The van der Waals surface area contributed by atoms with Crippen LogP contribution >= 0.6 is 0 Å². The van der Waals surface area contributed by atoms with Crippen molar-refractivity contribution in [2.75, 3.05) is 43.4 Å². The van der Waals surface area contributed by atoms with Gasteiger partial charge < -0.3 is 25.4 Å². The zero-order valence-electron chi connectivity index (χ0n) is 21.4. The van der Waals surface area contributed by atoms with E-state index >= 15 is 0 Å². The van der Waals surface area contributed by atoms with E-state index in [-0.39, 0.29) is 6.10 Å². The van der Waals surface area contributed by atoms with Gasteiger partial charge in [-0.05, 0) is 74.7 Å². The van der Waals surface area contributed by atoms with Gasteiger partial charge >= 0.3 is 5.97 Å². The van der Waals surface area contributed by atoms with Crippen molar-refractivity contribution in [2.45, 2.75) is 57.1 Å². The largest absolute Gasteiger partial charge is 0.480 e. The molecule has 196 valence electrons. The molecule has 2 aromatic heterocycles. The average Bonchev–Trinajstić information content (AvgIpc) is 2.93. The number of aromatic nitrogens is 2. The molecule has 3 N–H and O–H groups in total. The smallest absolute Gasteiger partial charge is 0.326 e. The summed E-state index contributed by atoms with van der Waals surface area (Å²) in [5.41, 5.74) is 2.49. The number of likely N-dealkylation sites (tertiary alicyclic amines) is 1. The van der Waals surface area contributed by atoms with Gasteiger partial charge in [0.2, 0.25) is 0 Å². The number of aryl methyl sites for hydroxylation is 2. The molecule has 1 fully saturated rings. The van der Waals surface area contributed by atoms with Gasteiger partial charge in [-0.1, -0.05) is 30.3 Å². The topological polar surface area (TPSA) is 99.6 Å². The number of hydrogen-bond donors (Lipinski definition) is 3. The monoisotopic (exact) mass is 503 g/mol. The van der Waals surface area contributed by atoms with Gasteiger partial charge in [-0.15, -0.1) is 0 Å². The Morgan fingerprint density at radius 2 is 2.14 bits per heavy atom. The number of piperidine rings is 1. The summed E-state index contributed by atoms with van der Waals surface area (Å²) >= 11 is 0. The van der Waals surface area contributed by atoms with Gasteiger partial charge in [-0.3, -0.25) is 0 Å². The molecule has 2 aliphatic heterocycles. The van der Waals surface area contributed by atoms with E-state index < -0.39 is 12.0 Å². The highest BCUT2D eigenvalue weighted by Crippen LogP contribution is 2.23. The predicted molar refractivity (Wildman–Crippen MR) is 146 cm³/mol. The number of carboxylic acid groups (broad SMARTS) is 1. The number of carbonyl (C=O) groups is 1. The highest BCUT2D eigenvalue weighted by Gasteiger charge is 2.23. The molecule has 0 aliphatic carbocycles. The molecule has 2 atom stereocenters. The van der Waals surface area contributed by atoms with Crippen LogP contribution in [0.25, 0.3) is 10.8 Å². The maximum atomic E-state index is 11.9. The average molecular weight is 504 g/mol. The van der Waals surface area contributed by atoms with Crippen LogP contribution in [0.3, 0.4) is 0 Å². The molecule has 4 heterocycles. The summed E-state index contributed by atoms with van der Waals surface area (Å²) in [7, 11) is 0. The number of pyridine rings is 2. The van der Waals surface area contributed by atoms with E-state index in [9.17, 15) is 9.90 Å². The van der Waals surface area contributed by atoms with Crippen LogP contribution in [0.4, 0.5) is 11.6 Å². The molecule has 37 heavy (non-hydrogen) atoms. The number of aliphatic carboxylic acids is 1. The van der Waals surface area contributed by atoms with Crippen molar-refractivity contribution in [1.82, 2.24) is 14.9 Å². The van der Waals surface area contributed by atoms with Gasteiger partial charge in [-0.2, -0.15) is 0 Å². The second-order valence-corrected chi connectivity index (χ2v) is 10.1. The lowest BCUT2D eigenvalue weighted by Gasteiger charge is -2.32. The first-order valence-corrected chi connectivity index (χ1v) is 13.6. The Balaban J connectivity index is 1.06. The molecule has 5 rings (SSSR count). The van der Waals surface area contributed by atoms with Gasteiger partial charge in [0.15, 0.2) is 0 Å². The number of ether oxygens (including phenoxy) is 1. The number of benzene rings is 1. The van der Waals surface area contributed by atoms with Crippen LogP contribution in [0.2, 0.25) is 0 Å². The Morgan fingerprint density at radius 3 is 3.05 bits per heavy atom. The minimum atomic E-state index is -0.894. The third-order valence-electron chi connectivity index (χ3n) is 7.36. The Hall–Kier alpha value is -3.23. The third kappa shape index (κ3) is 6.76. The highest BCUT2D eigenvalue weighted by molar-refractivity contribution is 5.93. The minimum absolute atomic E-state index is 0.143. The second kappa shape index (κ2) is 12.3. The fraction of sp³-hybridized carbons (Fsp3) is 0.483. The lowest BCUT2D eigenvalue weighted by atomic mass is 10.1. The molecule has 3 aromatic rings. The number of nitrogens with zero attached hydrogens (tertiary/aromatic N) is 3. The van der Waals surface area contributed by atoms with E-state index in [0.29, 0.717) is 18.8 Å². The maximum Gasteiger partial charge on any atom is 0.326 e. The van der Waals surface area contributed by atoms with Gasteiger partial charge in [0.05, 0.1) is 6.10 Å². The molecule has 8 heteroatoms. The van der Waals surface area contributed by atoms with E-state index in [1.54, 1.807) is 6.20 Å². The van der Waals surface area contributed by atoms with E-state index in [0.717, 1.165) is 80.6 Å². The molecule has 8 nitrogen and oxygen atoms in total. The molecule has 0 amide bonds. The highest BCUT2D eigenvalue weighted by atomic mass is 16.5. The van der Waals surface area contributed by atoms with Crippen LogP contribution in [0.5, 0.6) is 0 Å². The summed E-state index contributed by atoms with van der Waals surface area (Å²) in [6.07, 6.45) is 8.70.